The van der Waals surface area contributed by atoms with Crippen molar-refractivity contribution in [1.82, 2.24) is 0 Å². The molecule has 0 aliphatic rings. The number of alkyl halides is 3. The van der Waals surface area contributed by atoms with Gasteiger partial charge >= 0.3 is 15.7 Å². The van der Waals surface area contributed by atoms with Crippen molar-refractivity contribution in [3.63, 3.8) is 0 Å². The van der Waals surface area contributed by atoms with Gasteiger partial charge in [-0.25, -0.2) is 0 Å². The molecule has 0 N–H and O–H groups in total. The molecule has 0 bridgehead atoms. The summed E-state index contributed by atoms with van der Waals surface area (Å²) in [5.74, 6) is 0. The molecule has 0 aromatic heterocycles. The van der Waals surface area contributed by atoms with Gasteiger partial charge in [0.25, 0.3) is 0 Å². The van der Waals surface area contributed by atoms with Crippen LogP contribution >= 0.6 is 11.8 Å². The second kappa shape index (κ2) is 4.01. The van der Waals surface area contributed by atoms with Gasteiger partial charge in [-0.1, -0.05) is 6.07 Å². The third-order valence-corrected chi connectivity index (χ3v) is 2.86. The average Bonchev–Trinajstić information content (AvgIpc) is 1.99. The minimum absolute atomic E-state index is 0.374. The first-order valence-corrected chi connectivity index (χ1v) is 5.69. The van der Waals surface area contributed by atoms with Crippen molar-refractivity contribution < 1.29 is 25.5 Å². The SMILES string of the molecule is O=S(=O)(F)c1cccc(SC(F)(F)F)c1. The summed E-state index contributed by atoms with van der Waals surface area (Å²) in [5.41, 5.74) is -4.53. The van der Waals surface area contributed by atoms with E-state index in [9.17, 15) is 25.5 Å². The van der Waals surface area contributed by atoms with Crippen molar-refractivity contribution >= 4 is 22.0 Å². The van der Waals surface area contributed by atoms with Gasteiger partial charge in [0.15, 0.2) is 0 Å². The molecule has 1 aromatic rings. The molecule has 0 saturated heterocycles. The molecule has 0 aliphatic carbocycles. The molecular formula is C7H4F4O2S2. The minimum Gasteiger partial charge on any atom is -0.189 e. The largest absolute Gasteiger partial charge is 0.446 e. The van der Waals surface area contributed by atoms with E-state index in [4.69, 9.17) is 0 Å². The van der Waals surface area contributed by atoms with Gasteiger partial charge in [-0.15, -0.1) is 3.89 Å². The maximum atomic E-state index is 12.4. The third kappa shape index (κ3) is 4.08. The highest BCUT2D eigenvalue weighted by Crippen LogP contribution is 2.37. The average molecular weight is 260 g/mol. The summed E-state index contributed by atoms with van der Waals surface area (Å²) in [6.45, 7) is 0. The van der Waals surface area contributed by atoms with Gasteiger partial charge in [0.1, 0.15) is 0 Å². The van der Waals surface area contributed by atoms with Crippen LogP contribution in [0.5, 0.6) is 0 Å². The van der Waals surface area contributed by atoms with E-state index in [0.717, 1.165) is 18.2 Å². The molecular weight excluding hydrogens is 256 g/mol. The molecule has 2 nitrogen and oxygen atoms in total. The molecule has 0 saturated carbocycles. The lowest BCUT2D eigenvalue weighted by molar-refractivity contribution is -0.0328. The Balaban J connectivity index is 3.04. The van der Waals surface area contributed by atoms with E-state index < -0.39 is 32.4 Å². The zero-order valence-electron chi connectivity index (χ0n) is 6.95. The lowest BCUT2D eigenvalue weighted by Gasteiger charge is -2.05. The summed E-state index contributed by atoms with van der Waals surface area (Å²) in [4.78, 5) is -1.15. The van der Waals surface area contributed by atoms with E-state index in [0.29, 0.717) is 6.07 Å². The second-order valence-electron chi connectivity index (χ2n) is 2.46. The number of benzene rings is 1. The molecule has 0 spiro atoms. The van der Waals surface area contributed by atoms with Gasteiger partial charge in [-0.2, -0.15) is 21.6 Å². The molecule has 0 heterocycles. The first-order valence-electron chi connectivity index (χ1n) is 3.49. The highest BCUT2D eigenvalue weighted by atomic mass is 32.3. The summed E-state index contributed by atoms with van der Waals surface area (Å²) in [6.07, 6.45) is 0. The van der Waals surface area contributed by atoms with Crippen molar-refractivity contribution in [3.05, 3.63) is 24.3 Å². The monoisotopic (exact) mass is 260 g/mol. The molecule has 0 unspecified atom stereocenters. The Kier molecular flexibility index (Phi) is 3.29. The van der Waals surface area contributed by atoms with Gasteiger partial charge in [0, 0.05) is 4.90 Å². The number of thioether (sulfide) groups is 1. The van der Waals surface area contributed by atoms with Crippen LogP contribution < -0.4 is 0 Å². The minimum atomic E-state index is -4.96. The zero-order valence-corrected chi connectivity index (χ0v) is 8.59. The maximum absolute atomic E-state index is 12.4. The number of rotatable bonds is 2. The van der Waals surface area contributed by atoms with Gasteiger partial charge < -0.3 is 0 Å². The first kappa shape index (κ1) is 12.3. The lowest BCUT2D eigenvalue weighted by Crippen LogP contribution is -1.99. The summed E-state index contributed by atoms with van der Waals surface area (Å²) >= 11 is -0.500. The van der Waals surface area contributed by atoms with E-state index in [1.54, 1.807) is 0 Å². The fourth-order valence-electron chi connectivity index (χ4n) is 0.823. The van der Waals surface area contributed by atoms with Gasteiger partial charge in [0.2, 0.25) is 0 Å². The second-order valence-corrected chi connectivity index (χ2v) is 4.95. The predicted molar refractivity (Wildman–Crippen MR) is 46.6 cm³/mol. The van der Waals surface area contributed by atoms with Crippen LogP contribution in [-0.4, -0.2) is 13.9 Å². The van der Waals surface area contributed by atoms with E-state index in [1.165, 1.54) is 0 Å². The molecule has 0 fully saturated rings. The normalized spacial score (nSPS) is 12.8. The van der Waals surface area contributed by atoms with Crippen molar-refractivity contribution in [1.29, 1.82) is 0 Å². The molecule has 15 heavy (non-hydrogen) atoms. The van der Waals surface area contributed by atoms with Crippen LogP contribution in [0.3, 0.4) is 0 Å². The van der Waals surface area contributed by atoms with Crippen LogP contribution in [0, 0.1) is 0 Å². The van der Waals surface area contributed by atoms with Gasteiger partial charge in [-0.3, -0.25) is 0 Å². The Bertz CT molecular complexity index is 452. The summed E-state index contributed by atoms with van der Waals surface area (Å²) in [6, 6.07) is 3.61. The Labute approximate surface area is 87.5 Å². The topological polar surface area (TPSA) is 34.1 Å². The van der Waals surface area contributed by atoms with E-state index in [-0.39, 0.29) is 4.90 Å². The quantitative estimate of drug-likeness (QED) is 0.466. The van der Waals surface area contributed by atoms with E-state index >= 15 is 0 Å². The zero-order chi connectivity index (χ0) is 11.7. The van der Waals surface area contributed by atoms with Crippen molar-refractivity contribution in [3.8, 4) is 0 Å². The highest BCUT2D eigenvalue weighted by molar-refractivity contribution is 8.00. The Morgan fingerprint density at radius 1 is 1.20 bits per heavy atom. The molecule has 0 radical (unpaired) electrons. The molecule has 1 aromatic carbocycles. The first-order chi connectivity index (χ1) is 6.68. The van der Waals surface area contributed by atoms with Crippen LogP contribution in [0.4, 0.5) is 17.1 Å². The van der Waals surface area contributed by atoms with Crippen LogP contribution in [0.15, 0.2) is 34.1 Å². The Morgan fingerprint density at radius 3 is 2.27 bits per heavy atom. The van der Waals surface area contributed by atoms with Gasteiger partial charge in [-0.05, 0) is 30.0 Å². The number of hydrogen-bond donors (Lipinski definition) is 0. The summed E-state index contributed by atoms with van der Waals surface area (Å²) in [5, 5.41) is 0. The molecule has 84 valence electrons. The molecule has 1 rings (SSSR count). The van der Waals surface area contributed by atoms with Crippen LogP contribution in [-0.2, 0) is 10.2 Å². The third-order valence-electron chi connectivity index (χ3n) is 1.32. The molecule has 8 heteroatoms. The van der Waals surface area contributed by atoms with Gasteiger partial charge in [0.05, 0.1) is 4.90 Å². The smallest absolute Gasteiger partial charge is 0.189 e. The molecule has 0 aliphatic heterocycles. The standard InChI is InChI=1S/C7H4F4O2S2/c8-7(9,10)14-5-2-1-3-6(4-5)15(11,12)13/h1-4H. The number of halogens is 4. The highest BCUT2D eigenvalue weighted by Gasteiger charge is 2.29. The predicted octanol–water partition coefficient (Wildman–Crippen LogP) is 2.96. The van der Waals surface area contributed by atoms with E-state index in [2.05, 4.69) is 0 Å². The summed E-state index contributed by atoms with van der Waals surface area (Å²) < 4.78 is 68.9. The van der Waals surface area contributed by atoms with Crippen molar-refractivity contribution in [2.45, 2.75) is 15.3 Å². The van der Waals surface area contributed by atoms with Crippen LogP contribution in [0.2, 0.25) is 0 Å². The molecule has 0 amide bonds. The Morgan fingerprint density at radius 2 is 1.80 bits per heavy atom. The summed E-state index contributed by atoms with van der Waals surface area (Å²) in [7, 11) is -4.96. The fraction of sp³-hybridized carbons (Fsp3) is 0.143. The van der Waals surface area contributed by atoms with Crippen LogP contribution in [0.25, 0.3) is 0 Å². The Hall–Kier alpha value is -0.760. The van der Waals surface area contributed by atoms with Crippen molar-refractivity contribution in [2.75, 3.05) is 0 Å². The van der Waals surface area contributed by atoms with E-state index in [1.807, 2.05) is 0 Å². The van der Waals surface area contributed by atoms with Crippen LogP contribution in [0.1, 0.15) is 0 Å². The van der Waals surface area contributed by atoms with Crippen molar-refractivity contribution in [2.24, 2.45) is 0 Å². The maximum Gasteiger partial charge on any atom is 0.446 e. The lowest BCUT2D eigenvalue weighted by atomic mass is 10.4. The molecule has 0 atom stereocenters. The number of hydrogen-bond acceptors (Lipinski definition) is 3. The fourth-order valence-corrected chi connectivity index (χ4v) is 2.01.